The van der Waals surface area contributed by atoms with E-state index in [0.717, 1.165) is 10.6 Å². The minimum atomic E-state index is -0.256. The van der Waals surface area contributed by atoms with Gasteiger partial charge >= 0.3 is 6.01 Å². The number of amides is 1. The summed E-state index contributed by atoms with van der Waals surface area (Å²) in [6.45, 7) is 4.04. The molecule has 0 radical (unpaired) electrons. The van der Waals surface area contributed by atoms with Crippen molar-refractivity contribution in [3.8, 4) is 11.6 Å². The number of benzene rings is 1. The summed E-state index contributed by atoms with van der Waals surface area (Å²) >= 11 is 1.57. The quantitative estimate of drug-likeness (QED) is 0.460. The Morgan fingerprint density at radius 3 is 2.74 bits per heavy atom. The second-order valence-corrected chi connectivity index (χ2v) is 7.31. The van der Waals surface area contributed by atoms with Gasteiger partial charge in [-0.2, -0.15) is 5.10 Å². The summed E-state index contributed by atoms with van der Waals surface area (Å²) in [5, 5.41) is 14.7. The standard InChI is InChI=1S/C18H20FN5O2S/c1-12(2)24-10-9-15(23-24)17-21-22-18(26-17)20-16(25)4-3-11-27-14-7-5-13(19)6-8-14/h5-10,12H,3-4,11H2,1-2H3,(H,20,22,25). The number of rotatable bonds is 8. The van der Waals surface area contributed by atoms with E-state index in [-0.39, 0.29) is 29.7 Å². The average Bonchev–Trinajstić information content (AvgIpc) is 3.29. The minimum Gasteiger partial charge on any atom is -0.401 e. The van der Waals surface area contributed by atoms with Crippen molar-refractivity contribution < 1.29 is 13.6 Å². The summed E-state index contributed by atoms with van der Waals surface area (Å²) in [5.41, 5.74) is 0.562. The molecule has 0 atom stereocenters. The predicted molar refractivity (Wildman–Crippen MR) is 101 cm³/mol. The second kappa shape index (κ2) is 8.81. The summed E-state index contributed by atoms with van der Waals surface area (Å²) in [5.74, 6) is 0.559. The van der Waals surface area contributed by atoms with E-state index in [9.17, 15) is 9.18 Å². The van der Waals surface area contributed by atoms with Gasteiger partial charge in [0.15, 0.2) is 0 Å². The Balaban J connectivity index is 1.44. The van der Waals surface area contributed by atoms with E-state index in [0.29, 0.717) is 18.5 Å². The highest BCUT2D eigenvalue weighted by atomic mass is 32.2. The van der Waals surface area contributed by atoms with Crippen LogP contribution in [0.1, 0.15) is 32.7 Å². The Bertz CT molecular complexity index is 891. The molecule has 142 valence electrons. The second-order valence-electron chi connectivity index (χ2n) is 6.14. The fourth-order valence-electron chi connectivity index (χ4n) is 2.25. The van der Waals surface area contributed by atoms with E-state index in [4.69, 9.17) is 4.42 Å². The number of nitrogens with zero attached hydrogens (tertiary/aromatic N) is 4. The molecule has 1 N–H and O–H groups in total. The highest BCUT2D eigenvalue weighted by Crippen LogP contribution is 2.21. The fourth-order valence-corrected chi connectivity index (χ4v) is 3.11. The number of carbonyl (C=O) groups excluding carboxylic acids is 1. The third-order valence-electron chi connectivity index (χ3n) is 3.66. The number of hydrogen-bond donors (Lipinski definition) is 1. The number of anilines is 1. The van der Waals surface area contributed by atoms with Gasteiger partial charge in [-0.15, -0.1) is 16.9 Å². The molecule has 3 aromatic rings. The van der Waals surface area contributed by atoms with E-state index in [1.807, 2.05) is 20.0 Å². The Hall–Kier alpha value is -2.68. The highest BCUT2D eigenvalue weighted by Gasteiger charge is 2.14. The smallest absolute Gasteiger partial charge is 0.322 e. The van der Waals surface area contributed by atoms with Gasteiger partial charge in [-0.1, -0.05) is 5.10 Å². The van der Waals surface area contributed by atoms with Gasteiger partial charge in [0.25, 0.3) is 5.89 Å². The monoisotopic (exact) mass is 389 g/mol. The van der Waals surface area contributed by atoms with Gasteiger partial charge in [-0.3, -0.25) is 14.8 Å². The number of halogens is 1. The lowest BCUT2D eigenvalue weighted by Crippen LogP contribution is -2.11. The van der Waals surface area contributed by atoms with E-state index in [1.165, 1.54) is 12.1 Å². The number of carbonyl (C=O) groups is 1. The van der Waals surface area contributed by atoms with E-state index < -0.39 is 0 Å². The van der Waals surface area contributed by atoms with Crippen LogP contribution in [0.3, 0.4) is 0 Å². The Labute approximate surface area is 160 Å². The Kier molecular flexibility index (Phi) is 6.23. The molecule has 1 aromatic carbocycles. The third kappa shape index (κ3) is 5.40. The van der Waals surface area contributed by atoms with Gasteiger partial charge in [-0.05, 0) is 56.4 Å². The van der Waals surface area contributed by atoms with Gasteiger partial charge in [0.1, 0.15) is 11.5 Å². The zero-order valence-electron chi connectivity index (χ0n) is 15.1. The molecule has 3 rings (SSSR count). The normalized spacial score (nSPS) is 11.1. The molecule has 2 aromatic heterocycles. The summed E-state index contributed by atoms with van der Waals surface area (Å²) in [4.78, 5) is 13.0. The molecule has 1 amide bonds. The van der Waals surface area contributed by atoms with Crippen LogP contribution in [0, 0.1) is 5.82 Å². The number of nitrogens with one attached hydrogen (secondary N) is 1. The first-order valence-electron chi connectivity index (χ1n) is 8.58. The molecule has 0 aliphatic rings. The lowest BCUT2D eigenvalue weighted by Gasteiger charge is -2.02. The van der Waals surface area contributed by atoms with Crippen molar-refractivity contribution >= 4 is 23.7 Å². The highest BCUT2D eigenvalue weighted by molar-refractivity contribution is 7.99. The van der Waals surface area contributed by atoms with Crippen molar-refractivity contribution in [3.05, 3.63) is 42.3 Å². The maximum absolute atomic E-state index is 12.8. The SMILES string of the molecule is CC(C)n1ccc(-c2nnc(NC(=O)CCCSc3ccc(F)cc3)o2)n1. The molecule has 9 heteroatoms. The molecular formula is C18H20FN5O2S. The van der Waals surface area contributed by atoms with Crippen molar-refractivity contribution in [1.29, 1.82) is 0 Å². The molecule has 0 aliphatic heterocycles. The van der Waals surface area contributed by atoms with Crippen LogP contribution < -0.4 is 5.32 Å². The zero-order chi connectivity index (χ0) is 19.2. The largest absolute Gasteiger partial charge is 0.401 e. The van der Waals surface area contributed by atoms with Crippen LogP contribution >= 0.6 is 11.8 Å². The first kappa shape index (κ1) is 19.1. The summed E-state index contributed by atoms with van der Waals surface area (Å²) in [6.07, 6.45) is 2.84. The van der Waals surface area contributed by atoms with Gasteiger partial charge < -0.3 is 4.42 Å². The third-order valence-corrected chi connectivity index (χ3v) is 4.76. The summed E-state index contributed by atoms with van der Waals surface area (Å²) in [6, 6.07) is 8.36. The molecule has 7 nitrogen and oxygen atoms in total. The minimum absolute atomic E-state index is 0.0558. The van der Waals surface area contributed by atoms with Crippen LogP contribution in [0.4, 0.5) is 10.4 Å². The van der Waals surface area contributed by atoms with Gasteiger partial charge in [0.05, 0.1) is 0 Å². The van der Waals surface area contributed by atoms with Crippen LogP contribution in [-0.2, 0) is 4.79 Å². The van der Waals surface area contributed by atoms with Crippen molar-refractivity contribution in [2.75, 3.05) is 11.1 Å². The van der Waals surface area contributed by atoms with Crippen LogP contribution in [0.5, 0.6) is 0 Å². The van der Waals surface area contributed by atoms with Gasteiger partial charge in [0, 0.05) is 23.6 Å². The molecule has 0 unspecified atom stereocenters. The molecule has 0 fully saturated rings. The number of hydrogen-bond acceptors (Lipinski definition) is 6. The fraction of sp³-hybridized carbons (Fsp3) is 0.333. The molecule has 0 bridgehead atoms. The van der Waals surface area contributed by atoms with E-state index in [2.05, 4.69) is 20.6 Å². The molecule has 0 aliphatic carbocycles. The average molecular weight is 389 g/mol. The Morgan fingerprint density at radius 1 is 1.26 bits per heavy atom. The van der Waals surface area contributed by atoms with Crippen molar-refractivity contribution in [3.63, 3.8) is 0 Å². The summed E-state index contributed by atoms with van der Waals surface area (Å²) in [7, 11) is 0. The summed E-state index contributed by atoms with van der Waals surface area (Å²) < 4.78 is 20.1. The molecule has 0 spiro atoms. The zero-order valence-corrected chi connectivity index (χ0v) is 15.9. The lowest BCUT2D eigenvalue weighted by atomic mass is 10.3. The van der Waals surface area contributed by atoms with Crippen LogP contribution in [0.15, 0.2) is 45.8 Å². The van der Waals surface area contributed by atoms with Crippen LogP contribution in [0.25, 0.3) is 11.6 Å². The maximum atomic E-state index is 12.8. The lowest BCUT2D eigenvalue weighted by molar-refractivity contribution is -0.116. The van der Waals surface area contributed by atoms with Gasteiger partial charge in [0.2, 0.25) is 5.91 Å². The molecule has 0 saturated carbocycles. The Morgan fingerprint density at radius 2 is 2.04 bits per heavy atom. The molecular weight excluding hydrogens is 369 g/mol. The molecule has 27 heavy (non-hydrogen) atoms. The van der Waals surface area contributed by atoms with Crippen molar-refractivity contribution in [2.45, 2.75) is 37.6 Å². The maximum Gasteiger partial charge on any atom is 0.322 e. The van der Waals surface area contributed by atoms with Crippen LogP contribution in [-0.4, -0.2) is 31.6 Å². The first-order chi connectivity index (χ1) is 13.0. The van der Waals surface area contributed by atoms with Crippen LogP contribution in [0.2, 0.25) is 0 Å². The number of aromatic nitrogens is 4. The molecule has 0 saturated heterocycles. The predicted octanol–water partition coefficient (Wildman–Crippen LogP) is 4.16. The molecule has 2 heterocycles. The van der Waals surface area contributed by atoms with Crippen molar-refractivity contribution in [1.82, 2.24) is 20.0 Å². The van der Waals surface area contributed by atoms with E-state index in [1.54, 1.807) is 34.6 Å². The first-order valence-corrected chi connectivity index (χ1v) is 9.57. The van der Waals surface area contributed by atoms with Gasteiger partial charge in [-0.25, -0.2) is 4.39 Å². The topological polar surface area (TPSA) is 85.8 Å². The van der Waals surface area contributed by atoms with Crippen molar-refractivity contribution in [2.24, 2.45) is 0 Å². The number of thioether (sulfide) groups is 1. The van der Waals surface area contributed by atoms with E-state index >= 15 is 0 Å².